The summed E-state index contributed by atoms with van der Waals surface area (Å²) in [7, 11) is 2.08. The van der Waals surface area contributed by atoms with Crippen LogP contribution in [0.15, 0.2) is 24.3 Å². The number of ether oxygens (including phenoxy) is 1. The number of thiocarbonyl (C=S) groups is 1. The Morgan fingerprint density at radius 1 is 1.52 bits per heavy atom. The molecule has 1 heterocycles. The predicted molar refractivity (Wildman–Crippen MR) is 86.5 cm³/mol. The molecule has 6 heteroatoms. The number of likely N-dealkylation sites (N-methyl/N-ethyl adjacent to an activating group) is 1. The van der Waals surface area contributed by atoms with Gasteiger partial charge in [-0.15, -0.1) is 0 Å². The highest BCUT2D eigenvalue weighted by Gasteiger charge is 2.21. The third-order valence-electron chi connectivity index (χ3n) is 3.72. The number of nitrogens with two attached hydrogens (primary N) is 1. The van der Waals surface area contributed by atoms with Crippen LogP contribution in [0.4, 0.5) is 0 Å². The van der Waals surface area contributed by atoms with Gasteiger partial charge in [0.2, 0.25) is 0 Å². The SMILES string of the molecule is CN1CCCC1CNC(=O)COc1ccccc1C(N)=S. The number of likely N-dealkylation sites (tertiary alicyclic amines) is 1. The Bertz CT molecular complexity index is 521. The molecule has 2 rings (SSSR count). The first-order chi connectivity index (χ1) is 10.1. The van der Waals surface area contributed by atoms with Crippen LogP contribution in [0.25, 0.3) is 0 Å². The van der Waals surface area contributed by atoms with E-state index < -0.39 is 0 Å². The van der Waals surface area contributed by atoms with Crippen molar-refractivity contribution in [2.75, 3.05) is 26.7 Å². The van der Waals surface area contributed by atoms with Gasteiger partial charge >= 0.3 is 0 Å². The fourth-order valence-electron chi connectivity index (χ4n) is 2.46. The number of carbonyl (C=O) groups is 1. The predicted octanol–water partition coefficient (Wildman–Crippen LogP) is 0.910. The number of amides is 1. The summed E-state index contributed by atoms with van der Waals surface area (Å²) in [6, 6.07) is 7.62. The van der Waals surface area contributed by atoms with Crippen LogP contribution in [0.1, 0.15) is 18.4 Å². The zero-order valence-corrected chi connectivity index (χ0v) is 13.0. The highest BCUT2D eigenvalue weighted by Crippen LogP contribution is 2.17. The summed E-state index contributed by atoms with van der Waals surface area (Å²) in [6.45, 7) is 1.73. The van der Waals surface area contributed by atoms with Crippen molar-refractivity contribution in [3.8, 4) is 5.75 Å². The maximum Gasteiger partial charge on any atom is 0.257 e. The largest absolute Gasteiger partial charge is 0.483 e. The molecule has 3 N–H and O–H groups in total. The minimum Gasteiger partial charge on any atom is -0.483 e. The number of rotatable bonds is 6. The van der Waals surface area contributed by atoms with Crippen LogP contribution in [0, 0.1) is 0 Å². The number of nitrogens with one attached hydrogen (secondary N) is 1. The maximum absolute atomic E-state index is 11.8. The number of benzene rings is 1. The van der Waals surface area contributed by atoms with E-state index >= 15 is 0 Å². The summed E-state index contributed by atoms with van der Waals surface area (Å²) in [5.41, 5.74) is 6.27. The van der Waals surface area contributed by atoms with E-state index in [1.807, 2.05) is 12.1 Å². The van der Waals surface area contributed by atoms with Crippen molar-refractivity contribution in [3.05, 3.63) is 29.8 Å². The first-order valence-corrected chi connectivity index (χ1v) is 7.47. The number of hydrogen-bond donors (Lipinski definition) is 2. The molecule has 1 fully saturated rings. The van der Waals surface area contributed by atoms with Gasteiger partial charge in [-0.1, -0.05) is 24.4 Å². The highest BCUT2D eigenvalue weighted by molar-refractivity contribution is 7.80. The van der Waals surface area contributed by atoms with Crippen molar-refractivity contribution in [1.82, 2.24) is 10.2 Å². The van der Waals surface area contributed by atoms with Gasteiger partial charge in [-0.25, -0.2) is 0 Å². The third-order valence-corrected chi connectivity index (χ3v) is 3.94. The van der Waals surface area contributed by atoms with Crippen LogP contribution in [-0.4, -0.2) is 48.6 Å². The van der Waals surface area contributed by atoms with Gasteiger partial charge in [-0.05, 0) is 38.6 Å². The Labute approximate surface area is 130 Å². The molecule has 0 bridgehead atoms. The topological polar surface area (TPSA) is 67.6 Å². The molecule has 0 aliphatic carbocycles. The number of carbonyl (C=O) groups excluding carboxylic acids is 1. The minimum atomic E-state index is -0.131. The number of hydrogen-bond acceptors (Lipinski definition) is 4. The molecule has 1 amide bonds. The smallest absolute Gasteiger partial charge is 0.257 e. The fraction of sp³-hybridized carbons (Fsp3) is 0.467. The van der Waals surface area contributed by atoms with Crippen molar-refractivity contribution in [2.45, 2.75) is 18.9 Å². The van der Waals surface area contributed by atoms with Crippen LogP contribution in [0.3, 0.4) is 0 Å². The minimum absolute atomic E-state index is 0.0317. The van der Waals surface area contributed by atoms with E-state index in [9.17, 15) is 4.79 Å². The van der Waals surface area contributed by atoms with E-state index in [1.54, 1.807) is 12.1 Å². The van der Waals surface area contributed by atoms with Gasteiger partial charge in [-0.3, -0.25) is 4.79 Å². The van der Waals surface area contributed by atoms with E-state index in [1.165, 1.54) is 6.42 Å². The molecule has 1 aromatic rings. The molecule has 114 valence electrons. The summed E-state index contributed by atoms with van der Waals surface area (Å²) in [6.07, 6.45) is 2.32. The second kappa shape index (κ2) is 7.38. The molecular formula is C15H21N3O2S. The Morgan fingerprint density at radius 2 is 2.29 bits per heavy atom. The Morgan fingerprint density at radius 3 is 2.95 bits per heavy atom. The molecule has 1 saturated heterocycles. The van der Waals surface area contributed by atoms with Gasteiger partial charge in [0, 0.05) is 12.6 Å². The summed E-state index contributed by atoms with van der Waals surface area (Å²) in [5, 5.41) is 2.90. The van der Waals surface area contributed by atoms with Crippen molar-refractivity contribution in [2.24, 2.45) is 5.73 Å². The standard InChI is InChI=1S/C15H21N3O2S/c1-18-8-4-5-11(18)9-17-14(19)10-20-13-7-3-2-6-12(13)15(16)21/h2-3,6-7,11H,4-5,8-10H2,1H3,(H2,16,21)(H,17,19). The van der Waals surface area contributed by atoms with E-state index in [0.717, 1.165) is 13.0 Å². The molecular weight excluding hydrogens is 286 g/mol. The van der Waals surface area contributed by atoms with E-state index in [-0.39, 0.29) is 17.5 Å². The van der Waals surface area contributed by atoms with Crippen molar-refractivity contribution in [1.29, 1.82) is 0 Å². The van der Waals surface area contributed by atoms with Crippen molar-refractivity contribution in [3.63, 3.8) is 0 Å². The molecule has 1 aliphatic heterocycles. The average Bonchev–Trinajstić information content (AvgIpc) is 2.88. The maximum atomic E-state index is 11.8. The summed E-state index contributed by atoms with van der Waals surface area (Å²) in [5.74, 6) is 0.408. The van der Waals surface area contributed by atoms with E-state index in [4.69, 9.17) is 22.7 Å². The lowest BCUT2D eigenvalue weighted by molar-refractivity contribution is -0.123. The van der Waals surface area contributed by atoms with Crippen molar-refractivity contribution < 1.29 is 9.53 Å². The number of nitrogens with zero attached hydrogens (tertiary/aromatic N) is 1. The van der Waals surface area contributed by atoms with Gasteiger partial charge in [0.25, 0.3) is 5.91 Å². The lowest BCUT2D eigenvalue weighted by Crippen LogP contribution is -2.40. The van der Waals surface area contributed by atoms with Crippen LogP contribution < -0.4 is 15.8 Å². The normalized spacial score (nSPS) is 18.4. The monoisotopic (exact) mass is 307 g/mol. The van der Waals surface area contributed by atoms with Crippen LogP contribution >= 0.6 is 12.2 Å². The molecule has 21 heavy (non-hydrogen) atoms. The quantitative estimate of drug-likeness (QED) is 0.765. The first-order valence-electron chi connectivity index (χ1n) is 7.06. The Hall–Kier alpha value is -1.66. The first kappa shape index (κ1) is 15.7. The zero-order valence-electron chi connectivity index (χ0n) is 12.2. The lowest BCUT2D eigenvalue weighted by Gasteiger charge is -2.19. The van der Waals surface area contributed by atoms with Gasteiger partial charge in [-0.2, -0.15) is 0 Å². The fourth-order valence-corrected chi connectivity index (χ4v) is 2.63. The Balaban J connectivity index is 1.80. The molecule has 0 radical (unpaired) electrons. The van der Waals surface area contributed by atoms with Gasteiger partial charge in [0.15, 0.2) is 6.61 Å². The molecule has 0 spiro atoms. The lowest BCUT2D eigenvalue weighted by atomic mass is 10.2. The third kappa shape index (κ3) is 4.41. The average molecular weight is 307 g/mol. The molecule has 1 atom stereocenters. The zero-order chi connectivity index (χ0) is 15.2. The van der Waals surface area contributed by atoms with Crippen LogP contribution in [0.5, 0.6) is 5.75 Å². The second-order valence-corrected chi connectivity index (χ2v) is 5.67. The van der Waals surface area contributed by atoms with E-state index in [2.05, 4.69) is 17.3 Å². The van der Waals surface area contributed by atoms with E-state index in [0.29, 0.717) is 23.9 Å². The highest BCUT2D eigenvalue weighted by atomic mass is 32.1. The number of para-hydroxylation sites is 1. The van der Waals surface area contributed by atoms with Crippen LogP contribution in [-0.2, 0) is 4.79 Å². The van der Waals surface area contributed by atoms with Gasteiger partial charge in [0.05, 0.1) is 5.56 Å². The molecule has 0 saturated carbocycles. The Kier molecular flexibility index (Phi) is 5.52. The molecule has 1 aliphatic rings. The van der Waals surface area contributed by atoms with Crippen LogP contribution in [0.2, 0.25) is 0 Å². The molecule has 5 nitrogen and oxygen atoms in total. The molecule has 0 aromatic heterocycles. The molecule has 1 unspecified atom stereocenters. The second-order valence-electron chi connectivity index (χ2n) is 5.23. The molecule has 1 aromatic carbocycles. The van der Waals surface area contributed by atoms with Gasteiger partial charge in [0.1, 0.15) is 10.7 Å². The van der Waals surface area contributed by atoms with Gasteiger partial charge < -0.3 is 20.7 Å². The summed E-state index contributed by atoms with van der Waals surface area (Å²) >= 11 is 4.96. The van der Waals surface area contributed by atoms with Crippen molar-refractivity contribution >= 4 is 23.1 Å². The summed E-state index contributed by atoms with van der Waals surface area (Å²) in [4.78, 5) is 14.4. The summed E-state index contributed by atoms with van der Waals surface area (Å²) < 4.78 is 5.51.